The molecule has 1 rings (SSSR count). The van der Waals surface area contributed by atoms with Gasteiger partial charge in [-0.05, 0) is 12.1 Å². The Bertz CT molecular complexity index is 412. The van der Waals surface area contributed by atoms with Crippen LogP contribution in [0.25, 0.3) is 0 Å². The second kappa shape index (κ2) is 4.96. The first kappa shape index (κ1) is 11.0. The Morgan fingerprint density at radius 3 is 2.93 bits per heavy atom. The molecule has 0 saturated carbocycles. The molecule has 4 nitrogen and oxygen atoms in total. The molecule has 0 bridgehead atoms. The van der Waals surface area contributed by atoms with Crippen molar-refractivity contribution >= 4 is 11.4 Å². The van der Waals surface area contributed by atoms with Crippen LogP contribution in [0.4, 0.5) is 15.8 Å². The van der Waals surface area contributed by atoms with E-state index in [1.165, 1.54) is 6.07 Å². The zero-order chi connectivity index (χ0) is 11.3. The number of anilines is 1. The van der Waals surface area contributed by atoms with Crippen molar-refractivity contribution in [1.29, 1.82) is 0 Å². The molecular formula is C10H9FN2O2. The van der Waals surface area contributed by atoms with Crippen LogP contribution >= 0.6 is 0 Å². The van der Waals surface area contributed by atoms with Crippen molar-refractivity contribution in [2.75, 3.05) is 11.9 Å². The molecule has 0 radical (unpaired) electrons. The molecule has 0 saturated heterocycles. The molecule has 0 atom stereocenters. The van der Waals surface area contributed by atoms with E-state index in [0.29, 0.717) is 13.0 Å². The van der Waals surface area contributed by atoms with E-state index in [9.17, 15) is 14.5 Å². The summed E-state index contributed by atoms with van der Waals surface area (Å²) >= 11 is 0. The molecular weight excluding hydrogens is 199 g/mol. The maximum absolute atomic E-state index is 12.7. The lowest BCUT2D eigenvalue weighted by molar-refractivity contribution is -0.384. The van der Waals surface area contributed by atoms with Gasteiger partial charge < -0.3 is 5.32 Å². The zero-order valence-electron chi connectivity index (χ0n) is 7.87. The van der Waals surface area contributed by atoms with Crippen molar-refractivity contribution in [2.45, 2.75) is 6.42 Å². The maximum Gasteiger partial charge on any atom is 0.295 e. The number of rotatable bonds is 4. The highest BCUT2D eigenvalue weighted by Gasteiger charge is 2.13. The zero-order valence-corrected chi connectivity index (χ0v) is 7.87. The first-order valence-electron chi connectivity index (χ1n) is 4.26. The highest BCUT2D eigenvalue weighted by Crippen LogP contribution is 2.24. The van der Waals surface area contributed by atoms with Crippen molar-refractivity contribution in [3.8, 4) is 12.3 Å². The van der Waals surface area contributed by atoms with E-state index in [0.717, 1.165) is 12.1 Å². The number of hydrogen-bond acceptors (Lipinski definition) is 3. The fraction of sp³-hybridized carbons (Fsp3) is 0.200. The summed E-state index contributed by atoms with van der Waals surface area (Å²) in [6.07, 6.45) is 5.48. The lowest BCUT2D eigenvalue weighted by atomic mass is 10.2. The molecule has 0 unspecified atom stereocenters. The normalized spacial score (nSPS) is 9.33. The highest BCUT2D eigenvalue weighted by molar-refractivity contribution is 5.61. The summed E-state index contributed by atoms with van der Waals surface area (Å²) in [7, 11) is 0. The fourth-order valence-corrected chi connectivity index (χ4v) is 1.07. The number of halogens is 1. The van der Waals surface area contributed by atoms with Gasteiger partial charge >= 0.3 is 0 Å². The van der Waals surface area contributed by atoms with Crippen molar-refractivity contribution < 1.29 is 9.31 Å². The summed E-state index contributed by atoms with van der Waals surface area (Å²) in [4.78, 5) is 9.93. The molecule has 0 aromatic heterocycles. The number of hydrogen-bond donors (Lipinski definition) is 1. The summed E-state index contributed by atoms with van der Waals surface area (Å²) in [6, 6.07) is 3.35. The second-order valence-corrected chi connectivity index (χ2v) is 2.80. The van der Waals surface area contributed by atoms with Crippen LogP contribution in [-0.4, -0.2) is 11.5 Å². The lowest BCUT2D eigenvalue weighted by Gasteiger charge is -2.04. The van der Waals surface area contributed by atoms with Crippen LogP contribution < -0.4 is 5.32 Å². The van der Waals surface area contributed by atoms with E-state index in [4.69, 9.17) is 6.42 Å². The number of nitro benzene ring substituents is 1. The van der Waals surface area contributed by atoms with E-state index in [1.807, 2.05) is 0 Å². The van der Waals surface area contributed by atoms with Crippen LogP contribution in [0.15, 0.2) is 18.2 Å². The van der Waals surface area contributed by atoms with Crippen molar-refractivity contribution in [1.82, 2.24) is 0 Å². The van der Waals surface area contributed by atoms with E-state index < -0.39 is 10.7 Å². The summed E-state index contributed by atoms with van der Waals surface area (Å²) in [5.41, 5.74) is -0.0105. The van der Waals surface area contributed by atoms with Gasteiger partial charge in [-0.1, -0.05) is 0 Å². The third-order valence-electron chi connectivity index (χ3n) is 1.74. The molecule has 15 heavy (non-hydrogen) atoms. The van der Waals surface area contributed by atoms with Gasteiger partial charge in [0.15, 0.2) is 0 Å². The van der Waals surface area contributed by atoms with E-state index in [-0.39, 0.29) is 11.4 Å². The van der Waals surface area contributed by atoms with Gasteiger partial charge in [-0.3, -0.25) is 10.1 Å². The SMILES string of the molecule is C#CCCNc1ccc(F)cc1[N+](=O)[O-]. The summed E-state index contributed by atoms with van der Waals surface area (Å²) in [5.74, 6) is 1.76. The highest BCUT2D eigenvalue weighted by atomic mass is 19.1. The molecule has 5 heteroatoms. The smallest absolute Gasteiger partial charge is 0.295 e. The molecule has 1 aromatic carbocycles. The van der Waals surface area contributed by atoms with E-state index in [1.54, 1.807) is 0 Å². The number of nitro groups is 1. The molecule has 78 valence electrons. The van der Waals surface area contributed by atoms with Gasteiger partial charge in [0.2, 0.25) is 0 Å². The Morgan fingerprint density at radius 1 is 1.60 bits per heavy atom. The van der Waals surface area contributed by atoms with Crippen molar-refractivity contribution in [2.24, 2.45) is 0 Å². The minimum Gasteiger partial charge on any atom is -0.379 e. The predicted octanol–water partition coefficient (Wildman–Crippen LogP) is 2.17. The van der Waals surface area contributed by atoms with Crippen LogP contribution in [0.2, 0.25) is 0 Å². The average Bonchev–Trinajstić information content (AvgIpc) is 2.20. The number of nitrogens with one attached hydrogen (secondary N) is 1. The summed E-state index contributed by atoms with van der Waals surface area (Å²) < 4.78 is 12.7. The van der Waals surface area contributed by atoms with Crippen molar-refractivity contribution in [3.05, 3.63) is 34.1 Å². The van der Waals surface area contributed by atoms with E-state index >= 15 is 0 Å². The summed E-state index contributed by atoms with van der Waals surface area (Å²) in [5, 5.41) is 13.3. The third-order valence-corrected chi connectivity index (χ3v) is 1.74. The van der Waals surface area contributed by atoms with Gasteiger partial charge in [-0.25, -0.2) is 4.39 Å². The molecule has 0 amide bonds. The molecule has 1 aromatic rings. The average molecular weight is 208 g/mol. The number of nitrogens with zero attached hydrogens (tertiary/aromatic N) is 1. The Hall–Kier alpha value is -2.09. The standard InChI is InChI=1S/C10H9FN2O2/c1-2-3-6-12-9-5-4-8(11)7-10(9)13(14)15/h1,4-5,7,12H,3,6H2. The van der Waals surface area contributed by atoms with Crippen LogP contribution in [0.5, 0.6) is 0 Å². The molecule has 0 aliphatic heterocycles. The Balaban J connectivity index is 2.87. The van der Waals surface area contributed by atoms with Gasteiger partial charge in [-0.15, -0.1) is 12.3 Å². The van der Waals surface area contributed by atoms with E-state index in [2.05, 4.69) is 11.2 Å². The minimum absolute atomic E-state index is 0.275. The number of terminal acetylenes is 1. The van der Waals surface area contributed by atoms with Gasteiger partial charge in [0.1, 0.15) is 11.5 Å². The van der Waals surface area contributed by atoms with Crippen LogP contribution in [0, 0.1) is 28.3 Å². The molecule has 0 aliphatic carbocycles. The number of benzene rings is 1. The van der Waals surface area contributed by atoms with Crippen LogP contribution in [-0.2, 0) is 0 Å². The first-order chi connectivity index (χ1) is 7.15. The third kappa shape index (κ3) is 2.95. The van der Waals surface area contributed by atoms with Gasteiger partial charge in [0, 0.05) is 13.0 Å². The maximum atomic E-state index is 12.7. The summed E-state index contributed by atoms with van der Waals surface area (Å²) in [6.45, 7) is 0.420. The van der Waals surface area contributed by atoms with Gasteiger partial charge in [-0.2, -0.15) is 0 Å². The van der Waals surface area contributed by atoms with Crippen LogP contribution in [0.1, 0.15) is 6.42 Å². The molecule has 0 spiro atoms. The van der Waals surface area contributed by atoms with Crippen LogP contribution in [0.3, 0.4) is 0 Å². The van der Waals surface area contributed by atoms with Crippen molar-refractivity contribution in [3.63, 3.8) is 0 Å². The first-order valence-corrected chi connectivity index (χ1v) is 4.26. The minimum atomic E-state index is -0.638. The second-order valence-electron chi connectivity index (χ2n) is 2.80. The Kier molecular flexibility index (Phi) is 3.63. The quantitative estimate of drug-likeness (QED) is 0.357. The molecule has 0 fully saturated rings. The van der Waals surface area contributed by atoms with Gasteiger partial charge in [0.05, 0.1) is 11.0 Å². The fourth-order valence-electron chi connectivity index (χ4n) is 1.07. The van der Waals surface area contributed by atoms with Gasteiger partial charge in [0.25, 0.3) is 5.69 Å². The Labute approximate surface area is 86.3 Å². The predicted molar refractivity (Wildman–Crippen MR) is 55.0 cm³/mol. The molecule has 1 N–H and O–H groups in total. The monoisotopic (exact) mass is 208 g/mol. The molecule has 0 heterocycles. The topological polar surface area (TPSA) is 55.2 Å². The lowest BCUT2D eigenvalue weighted by Crippen LogP contribution is -2.03. The largest absolute Gasteiger partial charge is 0.379 e. The molecule has 0 aliphatic rings. The Morgan fingerprint density at radius 2 is 2.33 bits per heavy atom.